The molecule has 1 aliphatic heterocycles. The van der Waals surface area contributed by atoms with E-state index in [1.54, 1.807) is 0 Å². The van der Waals surface area contributed by atoms with Crippen LogP contribution in [0.5, 0.6) is 0 Å². The lowest BCUT2D eigenvalue weighted by molar-refractivity contribution is -0.137. The van der Waals surface area contributed by atoms with Gasteiger partial charge in [-0.15, -0.1) is 0 Å². The average Bonchev–Trinajstić information content (AvgIpc) is 2.80. The number of aryl methyl sites for hydroxylation is 2. The number of para-hydroxylation sites is 1. The highest BCUT2D eigenvalue weighted by atomic mass is 16.4. The van der Waals surface area contributed by atoms with Gasteiger partial charge in [-0.2, -0.15) is 0 Å². The second-order valence-electron chi connectivity index (χ2n) is 8.55. The molecule has 0 unspecified atom stereocenters. The van der Waals surface area contributed by atoms with Gasteiger partial charge in [0.05, 0.1) is 11.9 Å². The lowest BCUT2D eigenvalue weighted by Crippen LogP contribution is -2.13. The molecule has 1 aliphatic rings. The van der Waals surface area contributed by atoms with Crippen LogP contribution in [0.2, 0.25) is 0 Å². The molecule has 5 heteroatoms. The first kappa shape index (κ1) is 21.3. The number of aliphatic carboxylic acids is 1. The van der Waals surface area contributed by atoms with Gasteiger partial charge in [0.2, 0.25) is 0 Å². The predicted molar refractivity (Wildman–Crippen MR) is 125 cm³/mol. The summed E-state index contributed by atoms with van der Waals surface area (Å²) < 4.78 is 0. The molecule has 0 bridgehead atoms. The fraction of sp³-hybridized carbons (Fsp3) is 0.423. The van der Waals surface area contributed by atoms with Crippen molar-refractivity contribution < 1.29 is 9.90 Å². The second kappa shape index (κ2) is 10.4. The van der Waals surface area contributed by atoms with Crippen molar-refractivity contribution in [3.8, 4) is 0 Å². The van der Waals surface area contributed by atoms with Crippen LogP contribution in [0.15, 0.2) is 48.7 Å². The first-order valence-corrected chi connectivity index (χ1v) is 11.5. The first-order chi connectivity index (χ1) is 15.2. The molecule has 0 radical (unpaired) electrons. The number of pyridine rings is 2. The van der Waals surface area contributed by atoms with Gasteiger partial charge in [-0.3, -0.25) is 9.78 Å². The Labute approximate surface area is 183 Å². The molecule has 1 aromatic carbocycles. The van der Waals surface area contributed by atoms with E-state index in [2.05, 4.69) is 28.5 Å². The number of aromatic nitrogens is 2. The number of rotatable bonds is 10. The largest absolute Gasteiger partial charge is 0.481 e. The lowest BCUT2D eigenvalue weighted by Gasteiger charge is -2.17. The van der Waals surface area contributed by atoms with Gasteiger partial charge in [-0.1, -0.05) is 43.5 Å². The predicted octanol–water partition coefficient (Wildman–Crippen LogP) is 5.74. The molecule has 31 heavy (non-hydrogen) atoms. The summed E-state index contributed by atoms with van der Waals surface area (Å²) in [5, 5.41) is 13.9. The van der Waals surface area contributed by atoms with Crippen LogP contribution < -0.4 is 5.32 Å². The summed E-state index contributed by atoms with van der Waals surface area (Å²) in [5.41, 5.74) is 4.49. The Kier molecular flexibility index (Phi) is 7.13. The van der Waals surface area contributed by atoms with Gasteiger partial charge in [0.15, 0.2) is 0 Å². The number of carboxylic acid groups (broad SMARTS) is 1. The number of benzene rings is 1. The summed E-state index contributed by atoms with van der Waals surface area (Å²) in [6, 6.07) is 14.5. The highest BCUT2D eigenvalue weighted by molar-refractivity contribution is 5.79. The molecule has 0 spiro atoms. The van der Waals surface area contributed by atoms with Gasteiger partial charge in [0.25, 0.3) is 0 Å². The molecule has 162 valence electrons. The van der Waals surface area contributed by atoms with Crippen LogP contribution in [0, 0.1) is 0 Å². The van der Waals surface area contributed by atoms with Gasteiger partial charge in [0, 0.05) is 23.8 Å². The third-order valence-corrected chi connectivity index (χ3v) is 6.19. The molecule has 2 aromatic heterocycles. The lowest BCUT2D eigenvalue weighted by atomic mass is 9.90. The maximum atomic E-state index is 11.4. The first-order valence-electron chi connectivity index (χ1n) is 11.5. The van der Waals surface area contributed by atoms with Crippen molar-refractivity contribution in [2.75, 3.05) is 11.9 Å². The topological polar surface area (TPSA) is 75.1 Å². The minimum Gasteiger partial charge on any atom is -0.481 e. The van der Waals surface area contributed by atoms with Crippen molar-refractivity contribution >= 4 is 22.7 Å². The van der Waals surface area contributed by atoms with Crippen LogP contribution in [0.3, 0.4) is 0 Å². The molecule has 0 saturated heterocycles. The minimum absolute atomic E-state index is 0.0167. The molecule has 2 N–H and O–H groups in total. The van der Waals surface area contributed by atoms with E-state index in [1.807, 2.05) is 30.5 Å². The quantitative estimate of drug-likeness (QED) is 0.412. The fourth-order valence-electron chi connectivity index (χ4n) is 4.47. The summed E-state index contributed by atoms with van der Waals surface area (Å²) in [5.74, 6) is 0.345. The van der Waals surface area contributed by atoms with Crippen LogP contribution in [-0.4, -0.2) is 27.6 Å². The van der Waals surface area contributed by atoms with Crippen molar-refractivity contribution in [1.82, 2.24) is 9.97 Å². The number of unbranched alkanes of at least 4 members (excludes halogenated alkanes) is 3. The van der Waals surface area contributed by atoms with Gasteiger partial charge < -0.3 is 10.4 Å². The van der Waals surface area contributed by atoms with Crippen molar-refractivity contribution in [3.63, 3.8) is 0 Å². The van der Waals surface area contributed by atoms with Crippen molar-refractivity contribution in [2.24, 2.45) is 0 Å². The third kappa shape index (κ3) is 5.81. The highest BCUT2D eigenvalue weighted by Crippen LogP contribution is 2.28. The van der Waals surface area contributed by atoms with E-state index in [9.17, 15) is 9.90 Å². The molecular formula is C26H31N3O2. The summed E-state index contributed by atoms with van der Waals surface area (Å²) >= 11 is 0. The van der Waals surface area contributed by atoms with Gasteiger partial charge in [0.1, 0.15) is 5.82 Å². The Bertz CT molecular complexity index is 1030. The molecule has 5 nitrogen and oxygen atoms in total. The number of hydrogen-bond acceptors (Lipinski definition) is 4. The summed E-state index contributed by atoms with van der Waals surface area (Å²) in [7, 11) is 0. The fourth-order valence-corrected chi connectivity index (χ4v) is 4.47. The number of nitrogens with one attached hydrogen (secondary N) is 1. The zero-order valence-electron chi connectivity index (χ0n) is 18.0. The summed E-state index contributed by atoms with van der Waals surface area (Å²) in [6.07, 6.45) is 10.6. The van der Waals surface area contributed by atoms with E-state index in [0.717, 1.165) is 73.8 Å². The molecule has 0 aliphatic carbocycles. The van der Waals surface area contributed by atoms with Crippen LogP contribution in [0.4, 0.5) is 5.82 Å². The van der Waals surface area contributed by atoms with Crippen LogP contribution in [-0.2, 0) is 17.6 Å². The van der Waals surface area contributed by atoms with E-state index in [0.29, 0.717) is 0 Å². The van der Waals surface area contributed by atoms with Crippen molar-refractivity contribution in [2.45, 2.75) is 63.7 Å². The molecule has 1 atom stereocenters. The standard InChI is InChI=1S/C26H31N3O2/c30-25(31)17-20(22-16-21-9-5-6-12-24(21)28-18-22)8-3-1-2-4-11-23-14-13-19-10-7-15-27-26(19)29-23/h5-6,9,12-14,16,18,20H,1-4,7-8,10-11,15,17H2,(H,27,29)(H,30,31)/t20-/m0/s1. The monoisotopic (exact) mass is 417 g/mol. The minimum atomic E-state index is -0.745. The highest BCUT2D eigenvalue weighted by Gasteiger charge is 2.16. The van der Waals surface area contributed by atoms with Gasteiger partial charge in [-0.05, 0) is 67.3 Å². The van der Waals surface area contributed by atoms with E-state index >= 15 is 0 Å². The van der Waals surface area contributed by atoms with Gasteiger partial charge in [-0.25, -0.2) is 4.98 Å². The maximum Gasteiger partial charge on any atom is 0.303 e. The zero-order chi connectivity index (χ0) is 21.5. The molecule has 3 heterocycles. The summed E-state index contributed by atoms with van der Waals surface area (Å²) in [6.45, 7) is 1.02. The Morgan fingerprint density at radius 1 is 1.10 bits per heavy atom. The van der Waals surface area contributed by atoms with Crippen molar-refractivity contribution in [1.29, 1.82) is 0 Å². The molecule has 3 aromatic rings. The Balaban J connectivity index is 1.25. The number of hydrogen-bond donors (Lipinski definition) is 2. The van der Waals surface area contributed by atoms with Crippen LogP contribution >= 0.6 is 0 Å². The third-order valence-electron chi connectivity index (χ3n) is 6.19. The maximum absolute atomic E-state index is 11.4. The Morgan fingerprint density at radius 2 is 1.97 bits per heavy atom. The molecular weight excluding hydrogens is 386 g/mol. The number of anilines is 1. The Hall–Kier alpha value is -2.95. The van der Waals surface area contributed by atoms with Crippen LogP contribution in [0.25, 0.3) is 10.9 Å². The van der Waals surface area contributed by atoms with Crippen LogP contribution in [0.1, 0.15) is 67.7 Å². The molecule has 0 fully saturated rings. The number of carbonyl (C=O) groups is 1. The van der Waals surface area contributed by atoms with E-state index in [4.69, 9.17) is 4.98 Å². The average molecular weight is 418 g/mol. The zero-order valence-corrected chi connectivity index (χ0v) is 18.0. The van der Waals surface area contributed by atoms with E-state index in [-0.39, 0.29) is 12.3 Å². The molecule has 4 rings (SSSR count). The number of carboxylic acids is 1. The smallest absolute Gasteiger partial charge is 0.303 e. The second-order valence-corrected chi connectivity index (χ2v) is 8.55. The Morgan fingerprint density at radius 3 is 2.87 bits per heavy atom. The number of fused-ring (bicyclic) bond motifs is 2. The number of nitrogens with zero attached hydrogens (tertiary/aromatic N) is 2. The normalized spacial score (nSPS) is 14.1. The summed E-state index contributed by atoms with van der Waals surface area (Å²) in [4.78, 5) is 20.7. The molecule has 0 amide bonds. The van der Waals surface area contributed by atoms with Gasteiger partial charge >= 0.3 is 5.97 Å². The van der Waals surface area contributed by atoms with E-state index < -0.39 is 5.97 Å². The van der Waals surface area contributed by atoms with Crippen molar-refractivity contribution in [3.05, 3.63) is 65.5 Å². The van der Waals surface area contributed by atoms with E-state index in [1.165, 1.54) is 17.7 Å². The molecule has 0 saturated carbocycles. The SMILES string of the molecule is O=C(O)C[C@H](CCCCCCc1ccc2c(n1)NCCC2)c1cnc2ccccc2c1.